The number of rotatable bonds is 16. The molecule has 1 fully saturated rings. The van der Waals surface area contributed by atoms with Crippen molar-refractivity contribution in [3.8, 4) is 0 Å². The molecule has 0 aromatic heterocycles. The highest BCUT2D eigenvalue weighted by Gasteiger charge is 2.50. The first-order chi connectivity index (χ1) is 23.3. The molecule has 4 atom stereocenters. The van der Waals surface area contributed by atoms with E-state index in [1.54, 1.807) is 38.1 Å². The minimum Gasteiger partial charge on any atom is -0.375 e. The van der Waals surface area contributed by atoms with Crippen LogP contribution in [-0.4, -0.2) is 60.1 Å². The molecule has 0 amide bonds. The standard InChI is InChI=1S/C37H44N2O8S2/c1-27-15-19-31(20-16-27)48(40,41)38-33(25-44-23-29-11-7-5-8-12-29)35-36(47-37(3,4)46-35)34(26-45-24-30-13-9-6-10-14-30)39-49(42,43)32-21-17-28(2)18-22-32/h5-22,33-36,38-39H,23-26H2,1-4H3/t33-,34-,35+,36+/m0/s1. The van der Waals surface area contributed by atoms with Gasteiger partial charge in [0.25, 0.3) is 0 Å². The Hall–Kier alpha value is -3.46. The first kappa shape index (κ1) is 36.8. The fourth-order valence-electron chi connectivity index (χ4n) is 5.56. The van der Waals surface area contributed by atoms with Crippen molar-refractivity contribution in [2.75, 3.05) is 13.2 Å². The molecule has 5 rings (SSSR count). The Bertz CT molecular complexity index is 1720. The molecule has 262 valence electrons. The zero-order valence-electron chi connectivity index (χ0n) is 28.1. The SMILES string of the molecule is Cc1ccc(S(=O)(=O)N[C@@H](COCc2ccccc2)[C@H]2OC(C)(C)O[C@@H]2[C@H](COCc2ccccc2)NS(=O)(=O)c2ccc(C)cc2)cc1. The number of sulfonamides is 2. The molecule has 4 aromatic carbocycles. The van der Waals surface area contributed by atoms with Gasteiger partial charge in [0.1, 0.15) is 12.2 Å². The van der Waals surface area contributed by atoms with Crippen LogP contribution in [0.5, 0.6) is 0 Å². The quantitative estimate of drug-likeness (QED) is 0.162. The zero-order valence-corrected chi connectivity index (χ0v) is 29.7. The highest BCUT2D eigenvalue weighted by Crippen LogP contribution is 2.33. The van der Waals surface area contributed by atoms with E-state index < -0.39 is 50.1 Å². The Labute approximate surface area is 289 Å². The van der Waals surface area contributed by atoms with Gasteiger partial charge in [-0.2, -0.15) is 0 Å². The van der Waals surface area contributed by atoms with E-state index in [0.717, 1.165) is 22.3 Å². The molecule has 1 aliphatic heterocycles. The number of benzene rings is 4. The van der Waals surface area contributed by atoms with E-state index in [4.69, 9.17) is 18.9 Å². The average molecular weight is 709 g/mol. The molecule has 12 heteroatoms. The Balaban J connectivity index is 1.47. The fourth-order valence-corrected chi connectivity index (χ4v) is 8.02. The van der Waals surface area contributed by atoms with E-state index in [-0.39, 0.29) is 36.2 Å². The Morgan fingerprint density at radius 1 is 0.592 bits per heavy atom. The van der Waals surface area contributed by atoms with Crippen LogP contribution in [0.1, 0.15) is 36.1 Å². The van der Waals surface area contributed by atoms with Crippen molar-refractivity contribution in [3.63, 3.8) is 0 Å². The maximum atomic E-state index is 13.8. The Kier molecular flexibility index (Phi) is 12.1. The maximum Gasteiger partial charge on any atom is 0.240 e. The lowest BCUT2D eigenvalue weighted by Crippen LogP contribution is -2.57. The summed E-state index contributed by atoms with van der Waals surface area (Å²) in [4.78, 5) is 0.146. The van der Waals surface area contributed by atoms with Crippen molar-refractivity contribution in [1.29, 1.82) is 0 Å². The summed E-state index contributed by atoms with van der Waals surface area (Å²) in [6, 6.07) is 30.0. The number of nitrogens with one attached hydrogen (secondary N) is 2. The summed E-state index contributed by atoms with van der Waals surface area (Å²) in [6.07, 6.45) is -1.98. The largest absolute Gasteiger partial charge is 0.375 e. The Morgan fingerprint density at radius 2 is 0.939 bits per heavy atom. The van der Waals surface area contributed by atoms with Crippen molar-refractivity contribution < 1.29 is 35.8 Å². The molecule has 49 heavy (non-hydrogen) atoms. The summed E-state index contributed by atoms with van der Waals surface area (Å²) >= 11 is 0. The van der Waals surface area contributed by atoms with Crippen molar-refractivity contribution in [2.24, 2.45) is 0 Å². The highest BCUT2D eigenvalue weighted by molar-refractivity contribution is 7.89. The smallest absolute Gasteiger partial charge is 0.240 e. The van der Waals surface area contributed by atoms with Crippen molar-refractivity contribution in [1.82, 2.24) is 9.44 Å². The summed E-state index contributed by atoms with van der Waals surface area (Å²) in [6.45, 7) is 7.39. The lowest BCUT2D eigenvalue weighted by molar-refractivity contribution is -0.152. The van der Waals surface area contributed by atoms with E-state index in [0.29, 0.717) is 0 Å². The lowest BCUT2D eigenvalue weighted by Gasteiger charge is -2.31. The third-order valence-corrected chi connectivity index (χ3v) is 11.1. The van der Waals surface area contributed by atoms with Crippen molar-refractivity contribution in [3.05, 3.63) is 131 Å². The topological polar surface area (TPSA) is 129 Å². The third-order valence-electron chi connectivity index (χ3n) is 8.05. The normalized spacial score (nSPS) is 19.0. The first-order valence-electron chi connectivity index (χ1n) is 16.1. The van der Waals surface area contributed by atoms with Crippen LogP contribution in [0.2, 0.25) is 0 Å². The molecule has 2 N–H and O–H groups in total. The second kappa shape index (κ2) is 16.0. The van der Waals surface area contributed by atoms with Crippen molar-refractivity contribution in [2.45, 2.75) is 80.8 Å². The van der Waals surface area contributed by atoms with Gasteiger partial charge in [-0.25, -0.2) is 26.3 Å². The minimum atomic E-state index is -4.07. The molecule has 0 bridgehead atoms. The summed E-state index contributed by atoms with van der Waals surface area (Å²) in [5.74, 6) is -1.20. The average Bonchev–Trinajstić information content (AvgIpc) is 3.40. The number of aryl methyl sites for hydroxylation is 2. The van der Waals surface area contributed by atoms with Crippen LogP contribution < -0.4 is 9.44 Å². The first-order valence-corrected chi connectivity index (χ1v) is 19.0. The molecule has 0 saturated carbocycles. The maximum absolute atomic E-state index is 13.8. The van der Waals surface area contributed by atoms with Gasteiger partial charge in [-0.1, -0.05) is 96.1 Å². The molecule has 0 aliphatic carbocycles. The predicted octanol–water partition coefficient (Wildman–Crippen LogP) is 5.25. The molecular weight excluding hydrogens is 665 g/mol. The van der Waals surface area contributed by atoms with Crippen LogP contribution in [0.3, 0.4) is 0 Å². The summed E-state index contributed by atoms with van der Waals surface area (Å²) < 4.78 is 85.5. The molecular formula is C37H44N2O8S2. The molecule has 0 spiro atoms. The van der Waals surface area contributed by atoms with Crippen LogP contribution in [0, 0.1) is 13.8 Å². The van der Waals surface area contributed by atoms with Gasteiger partial charge in [0.2, 0.25) is 20.0 Å². The van der Waals surface area contributed by atoms with E-state index in [1.807, 2.05) is 74.5 Å². The minimum absolute atomic E-state index is 0.0729. The summed E-state index contributed by atoms with van der Waals surface area (Å²) in [5, 5.41) is 0. The van der Waals surface area contributed by atoms with E-state index in [1.165, 1.54) is 24.3 Å². The number of ether oxygens (including phenoxy) is 4. The van der Waals surface area contributed by atoms with Gasteiger partial charge in [-0.05, 0) is 63.1 Å². The van der Waals surface area contributed by atoms with Crippen LogP contribution in [0.25, 0.3) is 0 Å². The second-order valence-corrected chi connectivity index (χ2v) is 16.1. The fraction of sp³-hybridized carbons (Fsp3) is 0.351. The van der Waals surface area contributed by atoms with Crippen LogP contribution in [0.15, 0.2) is 119 Å². The monoisotopic (exact) mass is 708 g/mol. The van der Waals surface area contributed by atoms with E-state index in [2.05, 4.69) is 9.44 Å². The van der Waals surface area contributed by atoms with Crippen molar-refractivity contribution >= 4 is 20.0 Å². The van der Waals surface area contributed by atoms with Crippen LogP contribution in [-0.2, 0) is 52.2 Å². The molecule has 10 nitrogen and oxygen atoms in total. The molecule has 1 saturated heterocycles. The molecule has 4 aromatic rings. The number of hydrogen-bond acceptors (Lipinski definition) is 8. The predicted molar refractivity (Wildman–Crippen MR) is 187 cm³/mol. The van der Waals surface area contributed by atoms with Crippen LogP contribution >= 0.6 is 0 Å². The van der Waals surface area contributed by atoms with Gasteiger partial charge in [0.15, 0.2) is 5.79 Å². The molecule has 0 radical (unpaired) electrons. The van der Waals surface area contributed by atoms with Gasteiger partial charge in [0.05, 0.1) is 48.3 Å². The van der Waals surface area contributed by atoms with Gasteiger partial charge < -0.3 is 18.9 Å². The molecule has 1 heterocycles. The van der Waals surface area contributed by atoms with Crippen LogP contribution in [0.4, 0.5) is 0 Å². The third kappa shape index (κ3) is 10.3. The number of hydrogen-bond donors (Lipinski definition) is 2. The van der Waals surface area contributed by atoms with Gasteiger partial charge in [-0.3, -0.25) is 0 Å². The Morgan fingerprint density at radius 3 is 1.29 bits per heavy atom. The van der Waals surface area contributed by atoms with Gasteiger partial charge >= 0.3 is 0 Å². The van der Waals surface area contributed by atoms with Gasteiger partial charge in [-0.15, -0.1) is 0 Å². The van der Waals surface area contributed by atoms with E-state index >= 15 is 0 Å². The molecule has 0 unspecified atom stereocenters. The molecule has 1 aliphatic rings. The zero-order chi connectivity index (χ0) is 35.1. The van der Waals surface area contributed by atoms with E-state index in [9.17, 15) is 16.8 Å². The highest BCUT2D eigenvalue weighted by atomic mass is 32.2. The summed E-state index contributed by atoms with van der Waals surface area (Å²) in [7, 11) is -8.13. The van der Waals surface area contributed by atoms with Gasteiger partial charge in [0, 0.05) is 0 Å². The summed E-state index contributed by atoms with van der Waals surface area (Å²) in [5.41, 5.74) is 3.63. The lowest BCUT2D eigenvalue weighted by atomic mass is 10.0. The second-order valence-electron chi connectivity index (χ2n) is 12.6.